The molecule has 4 rings (SSSR count). The molecular formula is C20H15NS. The molecule has 4 aromatic rings. The third kappa shape index (κ3) is 1.85. The Morgan fingerprint density at radius 2 is 1.73 bits per heavy atom. The van der Waals surface area contributed by atoms with Crippen molar-refractivity contribution in [1.82, 2.24) is 4.98 Å². The van der Waals surface area contributed by atoms with E-state index in [0.717, 1.165) is 10.4 Å². The van der Waals surface area contributed by atoms with Crippen molar-refractivity contribution in [3.8, 4) is 10.4 Å². The summed E-state index contributed by atoms with van der Waals surface area (Å²) in [5, 5.41) is 2.53. The molecule has 0 aliphatic rings. The van der Waals surface area contributed by atoms with Crippen molar-refractivity contribution in [3.63, 3.8) is 0 Å². The van der Waals surface area contributed by atoms with Crippen LogP contribution in [-0.2, 0) is 0 Å². The molecule has 106 valence electrons. The van der Waals surface area contributed by atoms with Gasteiger partial charge in [0.05, 0.1) is 5.52 Å². The summed E-state index contributed by atoms with van der Waals surface area (Å²) in [6.07, 6.45) is 3.79. The first-order valence-corrected chi connectivity index (χ1v) is 8.02. The van der Waals surface area contributed by atoms with Crippen molar-refractivity contribution in [2.75, 3.05) is 0 Å². The molecular weight excluding hydrogens is 286 g/mol. The minimum Gasteiger partial charge on any atom is -0.354 e. The van der Waals surface area contributed by atoms with Gasteiger partial charge in [0, 0.05) is 31.6 Å². The molecule has 0 saturated heterocycles. The molecule has 0 aliphatic heterocycles. The number of benzene rings is 2. The molecule has 0 amide bonds. The van der Waals surface area contributed by atoms with E-state index in [-0.39, 0.29) is 0 Å². The third-order valence-corrected chi connectivity index (χ3v) is 5.18. The number of thiophene rings is 1. The molecule has 0 aliphatic carbocycles. The van der Waals surface area contributed by atoms with E-state index < -0.39 is 0 Å². The lowest BCUT2D eigenvalue weighted by Gasteiger charge is -1.99. The van der Waals surface area contributed by atoms with Crippen LogP contribution in [0.2, 0.25) is 0 Å². The predicted octanol–water partition coefficient (Wildman–Crippen LogP) is 6.34. The molecule has 0 unspecified atom stereocenters. The Bertz CT molecular complexity index is 991. The fourth-order valence-electron chi connectivity index (χ4n) is 2.95. The maximum absolute atomic E-state index is 3.90. The zero-order chi connectivity index (χ0) is 15.1. The standard InChI is InChI=1S/C20H15NS/c1-3-13-12-19(22-18(13)4-2)16-10-7-9-15-14-8-5-6-11-17(14)21-20(15)16/h3-12,21H,1-2H2. The number of aromatic nitrogens is 1. The first-order chi connectivity index (χ1) is 10.8. The van der Waals surface area contributed by atoms with Crippen LogP contribution in [0, 0.1) is 0 Å². The predicted molar refractivity (Wildman–Crippen MR) is 99.3 cm³/mol. The minimum atomic E-state index is 1.14. The summed E-state index contributed by atoms with van der Waals surface area (Å²) in [5.74, 6) is 0. The van der Waals surface area contributed by atoms with Gasteiger partial charge in [0.25, 0.3) is 0 Å². The lowest BCUT2D eigenvalue weighted by molar-refractivity contribution is 1.55. The Balaban J connectivity index is 2.04. The van der Waals surface area contributed by atoms with Crippen LogP contribution >= 0.6 is 11.3 Å². The smallest absolute Gasteiger partial charge is 0.0552 e. The van der Waals surface area contributed by atoms with E-state index in [1.54, 1.807) is 11.3 Å². The summed E-state index contributed by atoms with van der Waals surface area (Å²) in [6.45, 7) is 7.79. The highest BCUT2D eigenvalue weighted by Gasteiger charge is 2.12. The highest BCUT2D eigenvalue weighted by Crippen LogP contribution is 2.38. The van der Waals surface area contributed by atoms with Gasteiger partial charge in [0.15, 0.2) is 0 Å². The van der Waals surface area contributed by atoms with E-state index in [1.807, 2.05) is 12.2 Å². The van der Waals surface area contributed by atoms with Crippen LogP contribution < -0.4 is 0 Å². The zero-order valence-corrected chi connectivity index (χ0v) is 12.9. The molecule has 0 atom stereocenters. The molecule has 2 aromatic carbocycles. The Morgan fingerprint density at radius 3 is 2.50 bits per heavy atom. The summed E-state index contributed by atoms with van der Waals surface area (Å²) in [6, 6.07) is 17.1. The largest absolute Gasteiger partial charge is 0.354 e. The number of hydrogen-bond acceptors (Lipinski definition) is 1. The highest BCUT2D eigenvalue weighted by atomic mass is 32.1. The number of hydrogen-bond donors (Lipinski definition) is 1. The van der Waals surface area contributed by atoms with Crippen LogP contribution in [0.25, 0.3) is 44.4 Å². The van der Waals surface area contributed by atoms with Gasteiger partial charge in [-0.25, -0.2) is 0 Å². The molecule has 0 bridgehead atoms. The van der Waals surface area contributed by atoms with Crippen LogP contribution in [0.15, 0.2) is 61.7 Å². The molecule has 1 N–H and O–H groups in total. The van der Waals surface area contributed by atoms with Crippen molar-refractivity contribution in [2.24, 2.45) is 0 Å². The molecule has 2 aromatic heterocycles. The quantitative estimate of drug-likeness (QED) is 0.454. The zero-order valence-electron chi connectivity index (χ0n) is 12.1. The molecule has 0 radical (unpaired) electrons. The Hall–Kier alpha value is -2.58. The van der Waals surface area contributed by atoms with Crippen LogP contribution in [0.1, 0.15) is 10.4 Å². The third-order valence-electron chi connectivity index (χ3n) is 4.00. The van der Waals surface area contributed by atoms with Gasteiger partial charge < -0.3 is 4.98 Å². The van der Waals surface area contributed by atoms with E-state index in [2.05, 4.69) is 66.7 Å². The van der Waals surface area contributed by atoms with Crippen LogP contribution in [-0.4, -0.2) is 4.98 Å². The Morgan fingerprint density at radius 1 is 0.909 bits per heavy atom. The number of fused-ring (bicyclic) bond motifs is 3. The average Bonchev–Trinajstić information content (AvgIpc) is 3.15. The van der Waals surface area contributed by atoms with Gasteiger partial charge in [0.2, 0.25) is 0 Å². The van der Waals surface area contributed by atoms with Crippen molar-refractivity contribution in [1.29, 1.82) is 0 Å². The van der Waals surface area contributed by atoms with Gasteiger partial charge in [-0.15, -0.1) is 11.3 Å². The highest BCUT2D eigenvalue weighted by molar-refractivity contribution is 7.16. The van der Waals surface area contributed by atoms with E-state index in [0.29, 0.717) is 0 Å². The number of rotatable bonds is 3. The number of nitrogens with one attached hydrogen (secondary N) is 1. The van der Waals surface area contributed by atoms with Gasteiger partial charge in [-0.1, -0.05) is 61.7 Å². The van der Waals surface area contributed by atoms with E-state index in [1.165, 1.54) is 32.2 Å². The molecule has 22 heavy (non-hydrogen) atoms. The summed E-state index contributed by atoms with van der Waals surface area (Å²) in [4.78, 5) is 5.97. The molecule has 1 nitrogen and oxygen atoms in total. The Kier molecular flexibility index (Phi) is 2.98. The second-order valence-electron chi connectivity index (χ2n) is 5.24. The summed E-state index contributed by atoms with van der Waals surface area (Å²) in [5.41, 5.74) is 4.74. The van der Waals surface area contributed by atoms with Crippen LogP contribution in [0.3, 0.4) is 0 Å². The lowest BCUT2D eigenvalue weighted by atomic mass is 10.1. The van der Waals surface area contributed by atoms with Crippen molar-refractivity contribution < 1.29 is 0 Å². The summed E-state index contributed by atoms with van der Waals surface area (Å²) < 4.78 is 0. The molecule has 0 fully saturated rings. The maximum atomic E-state index is 3.90. The fraction of sp³-hybridized carbons (Fsp3) is 0. The van der Waals surface area contributed by atoms with E-state index in [9.17, 15) is 0 Å². The van der Waals surface area contributed by atoms with E-state index >= 15 is 0 Å². The molecule has 2 heterocycles. The number of H-pyrrole nitrogens is 1. The molecule has 0 saturated carbocycles. The normalized spacial score (nSPS) is 11.1. The number of aromatic amines is 1. The first-order valence-electron chi connectivity index (χ1n) is 7.20. The maximum Gasteiger partial charge on any atom is 0.0552 e. The number of para-hydroxylation sites is 2. The topological polar surface area (TPSA) is 15.8 Å². The van der Waals surface area contributed by atoms with E-state index in [4.69, 9.17) is 0 Å². The second-order valence-corrected chi connectivity index (χ2v) is 6.32. The lowest BCUT2D eigenvalue weighted by Crippen LogP contribution is -1.75. The molecule has 0 spiro atoms. The average molecular weight is 301 g/mol. The minimum absolute atomic E-state index is 1.14. The van der Waals surface area contributed by atoms with Gasteiger partial charge in [-0.3, -0.25) is 0 Å². The van der Waals surface area contributed by atoms with Crippen molar-refractivity contribution in [2.45, 2.75) is 0 Å². The second kappa shape index (κ2) is 5.00. The van der Waals surface area contributed by atoms with Gasteiger partial charge >= 0.3 is 0 Å². The first kappa shape index (κ1) is 13.1. The van der Waals surface area contributed by atoms with Crippen LogP contribution in [0.4, 0.5) is 0 Å². The van der Waals surface area contributed by atoms with Gasteiger partial charge in [-0.05, 0) is 17.7 Å². The Labute approximate surface area is 133 Å². The fourth-order valence-corrected chi connectivity index (χ4v) is 4.00. The van der Waals surface area contributed by atoms with Gasteiger partial charge in [0.1, 0.15) is 0 Å². The van der Waals surface area contributed by atoms with Gasteiger partial charge in [-0.2, -0.15) is 0 Å². The summed E-state index contributed by atoms with van der Waals surface area (Å²) >= 11 is 1.75. The van der Waals surface area contributed by atoms with Crippen molar-refractivity contribution >= 4 is 45.3 Å². The monoisotopic (exact) mass is 301 g/mol. The molecule has 2 heteroatoms. The summed E-state index contributed by atoms with van der Waals surface area (Å²) in [7, 11) is 0. The van der Waals surface area contributed by atoms with Crippen molar-refractivity contribution in [3.05, 3.63) is 72.1 Å². The SMILES string of the molecule is C=Cc1cc(-c2cccc3c2[nH]c2ccccc23)sc1C=C. The van der Waals surface area contributed by atoms with Crippen LogP contribution in [0.5, 0.6) is 0 Å².